The fourth-order valence-electron chi connectivity index (χ4n) is 1.43. The zero-order valence-electron chi connectivity index (χ0n) is 8.63. The Labute approximate surface area is 97.8 Å². The Balaban J connectivity index is 2.21. The third-order valence-corrected chi connectivity index (χ3v) is 2.77. The zero-order chi connectivity index (χ0) is 10.8. The molecule has 2 rings (SSSR count). The summed E-state index contributed by atoms with van der Waals surface area (Å²) in [6.07, 6.45) is 3.09. The van der Waals surface area contributed by atoms with Crippen LogP contribution in [0.4, 0.5) is 0 Å². The maximum Gasteiger partial charge on any atom is 0.134 e. The van der Waals surface area contributed by atoms with E-state index in [0.717, 1.165) is 28.6 Å². The summed E-state index contributed by atoms with van der Waals surface area (Å²) in [4.78, 5) is 11.1. The number of hydrogen-bond donors (Lipinski definition) is 0. The van der Waals surface area contributed by atoms with Gasteiger partial charge in [0, 0.05) is 16.5 Å². The highest BCUT2D eigenvalue weighted by Crippen LogP contribution is 2.31. The van der Waals surface area contributed by atoms with Crippen molar-refractivity contribution in [3.8, 4) is 5.75 Å². The molecule has 0 bridgehead atoms. The second kappa shape index (κ2) is 4.35. The summed E-state index contributed by atoms with van der Waals surface area (Å²) < 4.78 is 6.73. The number of Topliss-reactive ketones (excluding diaryl/α,β-unsaturated/α-hetero) is 1. The summed E-state index contributed by atoms with van der Waals surface area (Å²) in [6, 6.07) is 5.83. The standard InChI is InChI=1S/C12H13BrO2/c1-8(14)6-9-7-10(13)2-5-12(9)15-11-3-4-11/h2,5,7,11H,3-4,6H2,1H3. The SMILES string of the molecule is CC(=O)Cc1cc(Br)ccc1OC1CC1. The minimum atomic E-state index is 0.161. The Morgan fingerprint density at radius 2 is 2.27 bits per heavy atom. The fourth-order valence-corrected chi connectivity index (χ4v) is 1.84. The first-order valence-corrected chi connectivity index (χ1v) is 5.89. The Kier molecular flexibility index (Phi) is 3.10. The first-order valence-electron chi connectivity index (χ1n) is 5.09. The van der Waals surface area contributed by atoms with E-state index in [0.29, 0.717) is 12.5 Å². The van der Waals surface area contributed by atoms with Crippen LogP contribution in [0.15, 0.2) is 22.7 Å². The van der Waals surface area contributed by atoms with Crippen LogP contribution in [0.5, 0.6) is 5.75 Å². The molecule has 1 aliphatic rings. The third kappa shape index (κ3) is 3.06. The van der Waals surface area contributed by atoms with E-state index in [1.807, 2.05) is 18.2 Å². The molecule has 15 heavy (non-hydrogen) atoms. The molecule has 2 nitrogen and oxygen atoms in total. The molecule has 0 radical (unpaired) electrons. The van der Waals surface area contributed by atoms with Crippen molar-refractivity contribution < 1.29 is 9.53 Å². The highest BCUT2D eigenvalue weighted by atomic mass is 79.9. The molecule has 0 saturated heterocycles. The van der Waals surface area contributed by atoms with Gasteiger partial charge in [-0.25, -0.2) is 0 Å². The molecule has 0 amide bonds. The summed E-state index contributed by atoms with van der Waals surface area (Å²) in [5.74, 6) is 1.02. The van der Waals surface area contributed by atoms with Crippen molar-refractivity contribution in [3.05, 3.63) is 28.2 Å². The molecular weight excluding hydrogens is 256 g/mol. The summed E-state index contributed by atoms with van der Waals surface area (Å²) in [5.41, 5.74) is 0.976. The van der Waals surface area contributed by atoms with Gasteiger partial charge in [-0.05, 0) is 38.0 Å². The van der Waals surface area contributed by atoms with E-state index >= 15 is 0 Å². The summed E-state index contributed by atoms with van der Waals surface area (Å²) in [5, 5.41) is 0. The van der Waals surface area contributed by atoms with E-state index < -0.39 is 0 Å². The molecule has 0 heterocycles. The Hall–Kier alpha value is -0.830. The number of rotatable bonds is 4. The normalized spacial score (nSPS) is 15.1. The van der Waals surface area contributed by atoms with Crippen LogP contribution in [0.25, 0.3) is 0 Å². The van der Waals surface area contributed by atoms with Gasteiger partial charge in [-0.15, -0.1) is 0 Å². The fraction of sp³-hybridized carbons (Fsp3) is 0.417. The highest BCUT2D eigenvalue weighted by Gasteiger charge is 2.24. The molecule has 1 aliphatic carbocycles. The first kappa shape index (κ1) is 10.7. The lowest BCUT2D eigenvalue weighted by Crippen LogP contribution is -2.03. The highest BCUT2D eigenvalue weighted by molar-refractivity contribution is 9.10. The Morgan fingerprint density at radius 3 is 2.87 bits per heavy atom. The van der Waals surface area contributed by atoms with Gasteiger partial charge in [0.2, 0.25) is 0 Å². The van der Waals surface area contributed by atoms with Crippen LogP contribution in [0.2, 0.25) is 0 Å². The lowest BCUT2D eigenvalue weighted by atomic mass is 10.1. The minimum Gasteiger partial charge on any atom is -0.490 e. The molecule has 1 saturated carbocycles. The van der Waals surface area contributed by atoms with Crippen LogP contribution < -0.4 is 4.74 Å². The van der Waals surface area contributed by atoms with Crippen LogP contribution in [-0.4, -0.2) is 11.9 Å². The van der Waals surface area contributed by atoms with Gasteiger partial charge in [0.1, 0.15) is 11.5 Å². The van der Waals surface area contributed by atoms with Gasteiger partial charge in [0.05, 0.1) is 6.10 Å². The van der Waals surface area contributed by atoms with Gasteiger partial charge in [-0.1, -0.05) is 15.9 Å². The molecule has 1 fully saturated rings. The van der Waals surface area contributed by atoms with Crippen molar-refractivity contribution in [2.45, 2.75) is 32.3 Å². The molecule has 0 unspecified atom stereocenters. The number of carbonyl (C=O) groups is 1. The van der Waals surface area contributed by atoms with E-state index in [-0.39, 0.29) is 5.78 Å². The van der Waals surface area contributed by atoms with Gasteiger partial charge >= 0.3 is 0 Å². The number of ether oxygens (including phenoxy) is 1. The molecule has 80 valence electrons. The monoisotopic (exact) mass is 268 g/mol. The average Bonchev–Trinajstić information content (AvgIpc) is 2.92. The van der Waals surface area contributed by atoms with Gasteiger partial charge in [-0.2, -0.15) is 0 Å². The molecule has 0 aromatic heterocycles. The molecule has 0 aliphatic heterocycles. The van der Waals surface area contributed by atoms with Crippen LogP contribution >= 0.6 is 15.9 Å². The van der Waals surface area contributed by atoms with Gasteiger partial charge in [0.15, 0.2) is 0 Å². The van der Waals surface area contributed by atoms with Crippen LogP contribution in [0.3, 0.4) is 0 Å². The largest absolute Gasteiger partial charge is 0.490 e. The van der Waals surface area contributed by atoms with Crippen LogP contribution in [-0.2, 0) is 11.2 Å². The predicted octanol–water partition coefficient (Wildman–Crippen LogP) is 3.12. The molecule has 3 heteroatoms. The second-order valence-corrected chi connectivity index (χ2v) is 4.86. The number of carbonyl (C=O) groups excluding carboxylic acids is 1. The molecule has 1 aromatic rings. The van der Waals surface area contributed by atoms with Crippen molar-refractivity contribution >= 4 is 21.7 Å². The smallest absolute Gasteiger partial charge is 0.134 e. The van der Waals surface area contributed by atoms with Gasteiger partial charge in [0.25, 0.3) is 0 Å². The molecule has 1 aromatic carbocycles. The van der Waals surface area contributed by atoms with Crippen molar-refractivity contribution in [2.75, 3.05) is 0 Å². The molecular formula is C12H13BrO2. The van der Waals surface area contributed by atoms with E-state index in [1.54, 1.807) is 6.92 Å². The van der Waals surface area contributed by atoms with Gasteiger partial charge in [-0.3, -0.25) is 4.79 Å². The first-order chi connectivity index (χ1) is 7.15. The summed E-state index contributed by atoms with van der Waals surface area (Å²) >= 11 is 3.40. The van der Waals surface area contributed by atoms with Crippen molar-refractivity contribution in [1.29, 1.82) is 0 Å². The number of benzene rings is 1. The lowest BCUT2D eigenvalue weighted by Gasteiger charge is -2.10. The maximum absolute atomic E-state index is 11.1. The van der Waals surface area contributed by atoms with Crippen molar-refractivity contribution in [1.82, 2.24) is 0 Å². The quantitative estimate of drug-likeness (QED) is 0.839. The van der Waals surface area contributed by atoms with E-state index in [9.17, 15) is 4.79 Å². The molecule has 0 N–H and O–H groups in total. The predicted molar refractivity (Wildman–Crippen MR) is 62.2 cm³/mol. The number of ketones is 1. The third-order valence-electron chi connectivity index (χ3n) is 2.28. The Morgan fingerprint density at radius 1 is 1.53 bits per heavy atom. The average molecular weight is 269 g/mol. The van der Waals surface area contributed by atoms with Crippen molar-refractivity contribution in [2.24, 2.45) is 0 Å². The van der Waals surface area contributed by atoms with Gasteiger partial charge < -0.3 is 4.74 Å². The minimum absolute atomic E-state index is 0.161. The maximum atomic E-state index is 11.1. The molecule has 0 atom stereocenters. The molecule has 0 spiro atoms. The number of halogens is 1. The summed E-state index contributed by atoms with van der Waals surface area (Å²) in [7, 11) is 0. The van der Waals surface area contributed by atoms with Crippen LogP contribution in [0, 0.1) is 0 Å². The Bertz CT molecular complexity index is 383. The topological polar surface area (TPSA) is 26.3 Å². The van der Waals surface area contributed by atoms with Crippen molar-refractivity contribution in [3.63, 3.8) is 0 Å². The summed E-state index contributed by atoms with van der Waals surface area (Å²) in [6.45, 7) is 1.60. The van der Waals surface area contributed by atoms with Crippen LogP contribution in [0.1, 0.15) is 25.3 Å². The van der Waals surface area contributed by atoms with E-state index in [4.69, 9.17) is 4.74 Å². The lowest BCUT2D eigenvalue weighted by molar-refractivity contribution is -0.116. The van der Waals surface area contributed by atoms with E-state index in [2.05, 4.69) is 15.9 Å². The van der Waals surface area contributed by atoms with E-state index in [1.165, 1.54) is 0 Å². The second-order valence-electron chi connectivity index (χ2n) is 3.95. The number of hydrogen-bond acceptors (Lipinski definition) is 2. The zero-order valence-corrected chi connectivity index (χ0v) is 10.2.